The topological polar surface area (TPSA) is 71.1 Å². The van der Waals surface area contributed by atoms with Gasteiger partial charge < -0.3 is 14.6 Å². The SMILES string of the molecule is Cc1nc(-c2ccc(N(C)Cc3cccc(OC(C)C)c3)nc2)[nH]c(=O)c1C. The molecule has 0 bridgehead atoms. The van der Waals surface area contributed by atoms with Crippen LogP contribution in [0, 0.1) is 13.8 Å². The first-order valence-electron chi connectivity index (χ1n) is 9.34. The molecule has 0 atom stereocenters. The smallest absolute Gasteiger partial charge is 0.254 e. The van der Waals surface area contributed by atoms with Crippen LogP contribution in [0.25, 0.3) is 11.4 Å². The first-order chi connectivity index (χ1) is 13.3. The van der Waals surface area contributed by atoms with Crippen LogP contribution in [0.15, 0.2) is 47.4 Å². The summed E-state index contributed by atoms with van der Waals surface area (Å²) in [5, 5.41) is 0. The molecule has 0 aliphatic rings. The number of aromatic amines is 1. The lowest BCUT2D eigenvalue weighted by Crippen LogP contribution is -2.18. The van der Waals surface area contributed by atoms with Crippen molar-refractivity contribution >= 4 is 5.82 Å². The van der Waals surface area contributed by atoms with Gasteiger partial charge in [0.25, 0.3) is 5.56 Å². The molecular weight excluding hydrogens is 352 g/mol. The maximum absolute atomic E-state index is 12.0. The summed E-state index contributed by atoms with van der Waals surface area (Å²) < 4.78 is 5.76. The Hall–Kier alpha value is -3.15. The second-order valence-electron chi connectivity index (χ2n) is 7.20. The molecule has 0 unspecified atom stereocenters. The quantitative estimate of drug-likeness (QED) is 0.705. The van der Waals surface area contributed by atoms with Gasteiger partial charge in [0, 0.05) is 36.6 Å². The van der Waals surface area contributed by atoms with Crippen LogP contribution >= 0.6 is 0 Å². The van der Waals surface area contributed by atoms with Crippen molar-refractivity contribution in [3.63, 3.8) is 0 Å². The van der Waals surface area contributed by atoms with Gasteiger partial charge in [0.15, 0.2) is 0 Å². The number of aromatic nitrogens is 3. The average Bonchev–Trinajstić information content (AvgIpc) is 2.65. The van der Waals surface area contributed by atoms with Crippen LogP contribution in [-0.2, 0) is 6.54 Å². The normalized spacial score (nSPS) is 10.9. The Balaban J connectivity index is 1.75. The van der Waals surface area contributed by atoms with E-state index in [0.717, 1.165) is 28.4 Å². The molecule has 0 radical (unpaired) electrons. The zero-order chi connectivity index (χ0) is 20.3. The number of hydrogen-bond donors (Lipinski definition) is 1. The Bertz CT molecular complexity index is 1010. The zero-order valence-electron chi connectivity index (χ0n) is 17.0. The van der Waals surface area contributed by atoms with Crippen LogP contribution in [0.1, 0.15) is 30.7 Å². The number of hydrogen-bond acceptors (Lipinski definition) is 5. The number of rotatable bonds is 6. The predicted molar refractivity (Wildman–Crippen MR) is 112 cm³/mol. The highest BCUT2D eigenvalue weighted by Gasteiger charge is 2.09. The minimum absolute atomic E-state index is 0.118. The molecule has 0 spiro atoms. The molecule has 6 heteroatoms. The first kappa shape index (κ1) is 19.6. The van der Waals surface area contributed by atoms with E-state index >= 15 is 0 Å². The van der Waals surface area contributed by atoms with Gasteiger partial charge in [0.2, 0.25) is 0 Å². The van der Waals surface area contributed by atoms with Gasteiger partial charge in [0.05, 0.1) is 6.10 Å². The molecule has 2 aromatic heterocycles. The van der Waals surface area contributed by atoms with Gasteiger partial charge in [-0.1, -0.05) is 12.1 Å². The molecule has 0 saturated heterocycles. The number of anilines is 1. The number of H-pyrrole nitrogens is 1. The minimum Gasteiger partial charge on any atom is -0.491 e. The summed E-state index contributed by atoms with van der Waals surface area (Å²) in [6, 6.07) is 11.9. The second kappa shape index (κ2) is 8.25. The Kier molecular flexibility index (Phi) is 5.78. The first-order valence-corrected chi connectivity index (χ1v) is 9.34. The molecule has 2 heterocycles. The predicted octanol–water partition coefficient (Wildman–Crippen LogP) is 3.87. The van der Waals surface area contributed by atoms with Crippen molar-refractivity contribution in [1.29, 1.82) is 0 Å². The second-order valence-corrected chi connectivity index (χ2v) is 7.20. The largest absolute Gasteiger partial charge is 0.491 e. The Morgan fingerprint density at radius 3 is 2.61 bits per heavy atom. The number of nitrogens with zero attached hydrogens (tertiary/aromatic N) is 3. The van der Waals surface area contributed by atoms with Crippen molar-refractivity contribution in [3.8, 4) is 17.1 Å². The molecule has 6 nitrogen and oxygen atoms in total. The lowest BCUT2D eigenvalue weighted by atomic mass is 10.2. The zero-order valence-corrected chi connectivity index (χ0v) is 17.0. The van der Waals surface area contributed by atoms with Crippen LogP contribution < -0.4 is 15.2 Å². The third kappa shape index (κ3) is 4.57. The summed E-state index contributed by atoms with van der Waals surface area (Å²) in [4.78, 5) is 25.8. The van der Waals surface area contributed by atoms with Gasteiger partial charge in [-0.3, -0.25) is 4.79 Å². The fourth-order valence-electron chi connectivity index (χ4n) is 2.88. The molecule has 1 N–H and O–H groups in total. The van der Waals surface area contributed by atoms with Crippen molar-refractivity contribution in [2.45, 2.75) is 40.3 Å². The number of pyridine rings is 1. The summed E-state index contributed by atoms with van der Waals surface area (Å²) >= 11 is 0. The molecule has 0 amide bonds. The van der Waals surface area contributed by atoms with Crippen molar-refractivity contribution in [1.82, 2.24) is 15.0 Å². The van der Waals surface area contributed by atoms with E-state index in [9.17, 15) is 4.79 Å². The van der Waals surface area contributed by atoms with E-state index in [0.29, 0.717) is 17.9 Å². The van der Waals surface area contributed by atoms with E-state index < -0.39 is 0 Å². The molecule has 0 fully saturated rings. The van der Waals surface area contributed by atoms with Gasteiger partial charge in [-0.05, 0) is 57.5 Å². The molecular formula is C22H26N4O2. The summed E-state index contributed by atoms with van der Waals surface area (Å²) in [6.07, 6.45) is 1.88. The van der Waals surface area contributed by atoms with Crippen molar-refractivity contribution < 1.29 is 4.74 Å². The fourth-order valence-corrected chi connectivity index (χ4v) is 2.88. The molecule has 0 aliphatic carbocycles. The molecule has 0 aliphatic heterocycles. The van der Waals surface area contributed by atoms with E-state index in [2.05, 4.69) is 32.0 Å². The lowest BCUT2D eigenvalue weighted by molar-refractivity contribution is 0.242. The summed E-state index contributed by atoms with van der Waals surface area (Å²) in [5.74, 6) is 2.24. The lowest BCUT2D eigenvalue weighted by Gasteiger charge is -2.19. The van der Waals surface area contributed by atoms with Gasteiger partial charge in [0.1, 0.15) is 17.4 Å². The van der Waals surface area contributed by atoms with Crippen LogP contribution in [0.2, 0.25) is 0 Å². The van der Waals surface area contributed by atoms with Crippen LogP contribution in [0.5, 0.6) is 5.75 Å². The molecule has 146 valence electrons. The Labute approximate surface area is 165 Å². The molecule has 3 rings (SSSR count). The highest BCUT2D eigenvalue weighted by atomic mass is 16.5. The molecule has 3 aromatic rings. The fraction of sp³-hybridized carbons (Fsp3) is 0.318. The third-order valence-electron chi connectivity index (χ3n) is 4.50. The van der Waals surface area contributed by atoms with E-state index in [1.54, 1.807) is 13.1 Å². The number of benzene rings is 1. The number of ether oxygens (including phenoxy) is 1. The van der Waals surface area contributed by atoms with Crippen molar-refractivity contribution in [3.05, 3.63) is 69.8 Å². The molecule has 28 heavy (non-hydrogen) atoms. The average molecular weight is 378 g/mol. The van der Waals surface area contributed by atoms with E-state index in [1.165, 1.54) is 0 Å². The number of nitrogens with one attached hydrogen (secondary N) is 1. The van der Waals surface area contributed by atoms with Crippen LogP contribution in [-0.4, -0.2) is 28.1 Å². The van der Waals surface area contributed by atoms with Crippen molar-refractivity contribution in [2.75, 3.05) is 11.9 Å². The van der Waals surface area contributed by atoms with E-state index in [4.69, 9.17) is 4.74 Å². The van der Waals surface area contributed by atoms with Crippen LogP contribution in [0.3, 0.4) is 0 Å². The van der Waals surface area contributed by atoms with Gasteiger partial charge in [-0.25, -0.2) is 9.97 Å². The summed E-state index contributed by atoms with van der Waals surface area (Å²) in [6.45, 7) is 8.34. The van der Waals surface area contributed by atoms with E-state index in [-0.39, 0.29) is 11.7 Å². The molecule has 0 saturated carbocycles. The maximum Gasteiger partial charge on any atom is 0.254 e. The number of aryl methyl sites for hydroxylation is 1. The Morgan fingerprint density at radius 2 is 1.96 bits per heavy atom. The van der Waals surface area contributed by atoms with Crippen molar-refractivity contribution in [2.24, 2.45) is 0 Å². The Morgan fingerprint density at radius 1 is 1.18 bits per heavy atom. The molecule has 1 aromatic carbocycles. The van der Waals surface area contributed by atoms with Gasteiger partial charge >= 0.3 is 0 Å². The highest BCUT2D eigenvalue weighted by Crippen LogP contribution is 2.20. The summed E-state index contributed by atoms with van der Waals surface area (Å²) in [7, 11) is 1.99. The highest BCUT2D eigenvalue weighted by molar-refractivity contribution is 5.56. The summed E-state index contributed by atoms with van der Waals surface area (Å²) in [5.41, 5.74) is 3.17. The van der Waals surface area contributed by atoms with Gasteiger partial charge in [-0.15, -0.1) is 0 Å². The van der Waals surface area contributed by atoms with Gasteiger partial charge in [-0.2, -0.15) is 0 Å². The monoisotopic (exact) mass is 378 g/mol. The standard InChI is InChI=1S/C22H26N4O2/c1-14(2)28-19-8-6-7-17(11-19)13-26(5)20-10-9-18(12-23-20)21-24-16(4)15(3)22(27)25-21/h6-12,14H,13H2,1-5H3,(H,24,25,27). The third-order valence-corrected chi connectivity index (χ3v) is 4.50. The van der Waals surface area contributed by atoms with E-state index in [1.807, 2.05) is 52.1 Å². The van der Waals surface area contributed by atoms with Crippen LogP contribution in [0.4, 0.5) is 5.82 Å². The minimum atomic E-state index is -0.118. The maximum atomic E-state index is 12.0.